The zero-order chi connectivity index (χ0) is 19.0. The fourth-order valence-electron chi connectivity index (χ4n) is 3.42. The smallest absolute Gasteiger partial charge is 0.278 e. The van der Waals surface area contributed by atoms with Crippen LogP contribution in [0.5, 0.6) is 0 Å². The Kier molecular flexibility index (Phi) is 4.67. The molecule has 3 aromatic heterocycles. The minimum absolute atomic E-state index is 0.116. The van der Waals surface area contributed by atoms with Crippen LogP contribution in [0.1, 0.15) is 0 Å². The second-order valence-electron chi connectivity index (χ2n) is 6.93. The summed E-state index contributed by atoms with van der Waals surface area (Å²) in [5.74, 6) is 0. The molecule has 0 radical (unpaired) electrons. The van der Waals surface area contributed by atoms with Crippen LogP contribution in [0.15, 0.2) is 40.2 Å². The summed E-state index contributed by atoms with van der Waals surface area (Å²) in [6, 6.07) is 5.31. The Morgan fingerprint density at radius 2 is 1.67 bits per heavy atom. The van der Waals surface area contributed by atoms with Gasteiger partial charge in [-0.15, -0.1) is 0 Å². The van der Waals surface area contributed by atoms with Gasteiger partial charge in [0, 0.05) is 52.7 Å². The van der Waals surface area contributed by atoms with Crippen molar-refractivity contribution in [1.82, 2.24) is 19.1 Å². The highest BCUT2D eigenvalue weighted by atomic mass is 16.5. The first-order valence-corrected chi connectivity index (χ1v) is 9.08. The van der Waals surface area contributed by atoms with Crippen molar-refractivity contribution in [2.24, 2.45) is 0 Å². The van der Waals surface area contributed by atoms with Gasteiger partial charge in [-0.1, -0.05) is 0 Å². The summed E-state index contributed by atoms with van der Waals surface area (Å²) in [6.07, 6.45) is 3.47. The Labute approximate surface area is 156 Å². The SMILES string of the molecule is CN(C)n1ccc2nc3ccn(CCN4CCOCC4)c(=O)c3cc2c1=O. The maximum Gasteiger partial charge on any atom is 0.278 e. The molecule has 142 valence electrons. The minimum Gasteiger partial charge on any atom is -0.379 e. The maximum absolute atomic E-state index is 12.9. The summed E-state index contributed by atoms with van der Waals surface area (Å²) >= 11 is 0. The van der Waals surface area contributed by atoms with Crippen LogP contribution in [-0.4, -0.2) is 66.1 Å². The van der Waals surface area contributed by atoms with Gasteiger partial charge in [-0.05, 0) is 18.2 Å². The summed E-state index contributed by atoms with van der Waals surface area (Å²) < 4.78 is 8.55. The molecule has 1 aliphatic rings. The first kappa shape index (κ1) is 17.7. The van der Waals surface area contributed by atoms with Gasteiger partial charge in [0.25, 0.3) is 11.1 Å². The van der Waals surface area contributed by atoms with Crippen LogP contribution in [0.3, 0.4) is 0 Å². The number of rotatable bonds is 4. The van der Waals surface area contributed by atoms with Gasteiger partial charge < -0.3 is 14.3 Å². The topological polar surface area (TPSA) is 72.6 Å². The van der Waals surface area contributed by atoms with Crippen LogP contribution in [0.25, 0.3) is 21.8 Å². The second-order valence-corrected chi connectivity index (χ2v) is 6.93. The van der Waals surface area contributed by atoms with Crippen LogP contribution < -0.4 is 16.1 Å². The van der Waals surface area contributed by atoms with E-state index in [2.05, 4.69) is 9.88 Å². The van der Waals surface area contributed by atoms with E-state index in [9.17, 15) is 9.59 Å². The molecule has 0 saturated carbocycles. The van der Waals surface area contributed by atoms with E-state index in [0.29, 0.717) is 28.4 Å². The maximum atomic E-state index is 12.9. The molecule has 8 heteroatoms. The van der Waals surface area contributed by atoms with Gasteiger partial charge >= 0.3 is 0 Å². The number of hydrogen-bond acceptors (Lipinski definition) is 6. The van der Waals surface area contributed by atoms with Crippen molar-refractivity contribution in [2.75, 3.05) is 52.0 Å². The molecule has 4 rings (SSSR count). The number of nitrogens with zero attached hydrogens (tertiary/aromatic N) is 5. The van der Waals surface area contributed by atoms with Crippen molar-refractivity contribution in [3.8, 4) is 0 Å². The molecule has 3 aromatic rings. The van der Waals surface area contributed by atoms with E-state index >= 15 is 0 Å². The van der Waals surface area contributed by atoms with Crippen LogP contribution in [0.4, 0.5) is 0 Å². The summed E-state index contributed by atoms with van der Waals surface area (Å²) in [7, 11) is 3.58. The van der Waals surface area contributed by atoms with Crippen molar-refractivity contribution in [3.63, 3.8) is 0 Å². The fraction of sp³-hybridized carbons (Fsp3) is 0.421. The number of morpholine rings is 1. The number of aromatic nitrogens is 3. The zero-order valence-electron chi connectivity index (χ0n) is 15.6. The van der Waals surface area contributed by atoms with E-state index in [4.69, 9.17) is 4.74 Å². The van der Waals surface area contributed by atoms with Crippen LogP contribution >= 0.6 is 0 Å². The highest BCUT2D eigenvalue weighted by Crippen LogP contribution is 2.14. The second kappa shape index (κ2) is 7.13. The molecule has 4 heterocycles. The molecule has 8 nitrogen and oxygen atoms in total. The summed E-state index contributed by atoms with van der Waals surface area (Å²) in [6.45, 7) is 4.64. The third-order valence-electron chi connectivity index (χ3n) is 4.99. The van der Waals surface area contributed by atoms with Crippen molar-refractivity contribution < 1.29 is 4.74 Å². The Morgan fingerprint density at radius 3 is 2.37 bits per heavy atom. The molecule has 0 N–H and O–H groups in total. The van der Waals surface area contributed by atoms with E-state index in [-0.39, 0.29) is 11.1 Å². The molecular weight excluding hydrogens is 346 g/mol. The summed E-state index contributed by atoms with van der Waals surface area (Å²) in [5, 5.41) is 2.61. The molecule has 0 unspecified atom stereocenters. The average molecular weight is 369 g/mol. The zero-order valence-corrected chi connectivity index (χ0v) is 15.6. The predicted molar refractivity (Wildman–Crippen MR) is 105 cm³/mol. The summed E-state index contributed by atoms with van der Waals surface area (Å²) in [5.41, 5.74) is 0.901. The number of hydrogen-bond donors (Lipinski definition) is 0. The van der Waals surface area contributed by atoms with Gasteiger partial charge in [0.05, 0.1) is 35.0 Å². The van der Waals surface area contributed by atoms with E-state index in [0.717, 1.165) is 32.8 Å². The number of fused-ring (bicyclic) bond motifs is 2. The van der Waals surface area contributed by atoms with E-state index < -0.39 is 0 Å². The third kappa shape index (κ3) is 3.33. The Hall–Kier alpha value is -2.71. The van der Waals surface area contributed by atoms with E-state index in [1.165, 1.54) is 4.68 Å². The minimum atomic E-state index is -0.185. The molecule has 1 aliphatic heterocycles. The van der Waals surface area contributed by atoms with Crippen molar-refractivity contribution in [3.05, 3.63) is 51.3 Å². The molecule has 0 atom stereocenters. The van der Waals surface area contributed by atoms with Crippen molar-refractivity contribution in [1.29, 1.82) is 0 Å². The molecular formula is C19H23N5O3. The highest BCUT2D eigenvalue weighted by Gasteiger charge is 2.13. The first-order chi connectivity index (χ1) is 13.0. The van der Waals surface area contributed by atoms with Gasteiger partial charge in [0.15, 0.2) is 0 Å². The standard InChI is InChI=1S/C19H23N5O3/c1-21(2)24-6-4-17-15(19(24)26)13-14-16(20-17)3-5-23(18(14)25)8-7-22-9-11-27-12-10-22/h3-6,13H,7-12H2,1-2H3. The summed E-state index contributed by atoms with van der Waals surface area (Å²) in [4.78, 5) is 32.4. The lowest BCUT2D eigenvalue weighted by molar-refractivity contribution is 0.0363. The molecule has 1 fully saturated rings. The lowest BCUT2D eigenvalue weighted by Gasteiger charge is -2.26. The Bertz CT molecular complexity index is 1100. The van der Waals surface area contributed by atoms with Crippen LogP contribution in [0, 0.1) is 0 Å². The fourth-order valence-corrected chi connectivity index (χ4v) is 3.42. The molecule has 0 aliphatic carbocycles. The third-order valence-corrected chi connectivity index (χ3v) is 4.99. The average Bonchev–Trinajstić information content (AvgIpc) is 2.67. The number of pyridine rings is 3. The first-order valence-electron chi connectivity index (χ1n) is 9.08. The molecule has 0 aromatic carbocycles. The van der Waals surface area contributed by atoms with Gasteiger partial charge in [-0.3, -0.25) is 14.5 Å². The van der Waals surface area contributed by atoms with Crippen LogP contribution in [0.2, 0.25) is 0 Å². The van der Waals surface area contributed by atoms with Gasteiger partial charge in [0.1, 0.15) is 0 Å². The van der Waals surface area contributed by atoms with Crippen LogP contribution in [-0.2, 0) is 11.3 Å². The molecule has 1 saturated heterocycles. The molecule has 0 amide bonds. The highest BCUT2D eigenvalue weighted by molar-refractivity contribution is 5.91. The van der Waals surface area contributed by atoms with Gasteiger partial charge in [-0.2, -0.15) is 0 Å². The monoisotopic (exact) mass is 369 g/mol. The Morgan fingerprint density at radius 1 is 1.00 bits per heavy atom. The van der Waals surface area contributed by atoms with E-state index in [1.807, 2.05) is 6.07 Å². The van der Waals surface area contributed by atoms with E-state index in [1.54, 1.807) is 48.2 Å². The lowest BCUT2D eigenvalue weighted by Crippen LogP contribution is -2.39. The lowest BCUT2D eigenvalue weighted by atomic mass is 10.2. The van der Waals surface area contributed by atoms with Crippen molar-refractivity contribution in [2.45, 2.75) is 6.54 Å². The molecule has 0 spiro atoms. The van der Waals surface area contributed by atoms with Gasteiger partial charge in [0.2, 0.25) is 0 Å². The Balaban J connectivity index is 1.74. The quantitative estimate of drug-likeness (QED) is 0.614. The largest absolute Gasteiger partial charge is 0.379 e. The number of ether oxygens (including phenoxy) is 1. The molecule has 27 heavy (non-hydrogen) atoms. The van der Waals surface area contributed by atoms with Gasteiger partial charge in [-0.25, -0.2) is 9.66 Å². The van der Waals surface area contributed by atoms with Crippen molar-refractivity contribution >= 4 is 21.8 Å². The molecule has 0 bridgehead atoms. The predicted octanol–water partition coefficient (Wildman–Crippen LogP) is 0.241. The normalized spacial score (nSPS) is 15.5.